The van der Waals surface area contributed by atoms with E-state index in [9.17, 15) is 24.6 Å². The maximum absolute atomic E-state index is 11.9. The molecule has 0 saturated heterocycles. The molecule has 0 spiro atoms. The first-order chi connectivity index (χ1) is 19.2. The van der Waals surface area contributed by atoms with E-state index in [2.05, 4.69) is 26.3 Å². The molecule has 0 fully saturated rings. The average Bonchev–Trinajstić information content (AvgIpc) is 2.90. The first kappa shape index (κ1) is 34.4. The van der Waals surface area contributed by atoms with E-state index >= 15 is 0 Å². The number of guanidine groups is 1. The molecule has 0 saturated carbocycles. The van der Waals surface area contributed by atoms with E-state index in [0.717, 1.165) is 64.5 Å². The first-order valence-electron chi connectivity index (χ1n) is 14.0. The number of aliphatic imine (C=N–C) groups is 1. The van der Waals surface area contributed by atoms with Crippen LogP contribution in [0.1, 0.15) is 63.4 Å². The number of carbonyl (C=O) groups excluding carboxylic acids is 3. The molecule has 0 bridgehead atoms. The largest absolute Gasteiger partial charge is 0.508 e. The van der Waals surface area contributed by atoms with Crippen molar-refractivity contribution in [3.05, 3.63) is 23.8 Å². The van der Waals surface area contributed by atoms with Gasteiger partial charge in [-0.1, -0.05) is 31.7 Å². The lowest BCUT2D eigenvalue weighted by Crippen LogP contribution is -2.41. The van der Waals surface area contributed by atoms with Gasteiger partial charge in [0.25, 0.3) is 0 Å². The Morgan fingerprint density at radius 3 is 2.05 bits per heavy atom. The predicted octanol–water partition coefficient (Wildman–Crippen LogP) is -0.310. The highest BCUT2D eigenvalue weighted by Gasteiger charge is 2.12. The second kappa shape index (κ2) is 21.3. The minimum Gasteiger partial charge on any atom is -0.508 e. The van der Waals surface area contributed by atoms with Crippen molar-refractivity contribution in [2.75, 3.05) is 39.3 Å². The summed E-state index contributed by atoms with van der Waals surface area (Å²) < 4.78 is 0. The zero-order valence-corrected chi connectivity index (χ0v) is 23.4. The van der Waals surface area contributed by atoms with Gasteiger partial charge in [0.2, 0.25) is 17.7 Å². The molecule has 1 rings (SSSR count). The minimum absolute atomic E-state index is 0.00521. The Kier molecular flexibility index (Phi) is 18.3. The van der Waals surface area contributed by atoms with Crippen molar-refractivity contribution in [2.45, 2.75) is 70.3 Å². The molecule has 1 aromatic carbocycles. The van der Waals surface area contributed by atoms with Crippen LogP contribution in [0.4, 0.5) is 0 Å². The fourth-order valence-electron chi connectivity index (χ4n) is 3.79. The van der Waals surface area contributed by atoms with Crippen molar-refractivity contribution in [1.82, 2.24) is 21.3 Å². The molecule has 40 heavy (non-hydrogen) atoms. The van der Waals surface area contributed by atoms with Gasteiger partial charge in [0.05, 0.1) is 19.0 Å². The maximum atomic E-state index is 11.9. The number of nitrogens with zero attached hydrogens (tertiary/aromatic N) is 1. The normalized spacial score (nSPS) is 11.4. The summed E-state index contributed by atoms with van der Waals surface area (Å²) in [6, 6.07) is 3.41. The summed E-state index contributed by atoms with van der Waals surface area (Å²) in [6.07, 6.45) is 8.53. The maximum Gasteiger partial charge on any atom is 0.239 e. The smallest absolute Gasteiger partial charge is 0.239 e. The number of phenolic OH excluding ortho intramolecular Hbond substituents is 2. The van der Waals surface area contributed by atoms with Gasteiger partial charge in [0.1, 0.15) is 11.5 Å². The van der Waals surface area contributed by atoms with E-state index in [4.69, 9.17) is 17.2 Å². The number of unbranched alkanes of at least 4 members (excludes halogenated alkanes) is 6. The van der Waals surface area contributed by atoms with Gasteiger partial charge in [0.15, 0.2) is 5.96 Å². The number of nitrogens with two attached hydrogens (primary N) is 3. The van der Waals surface area contributed by atoms with Gasteiger partial charge in [-0.3, -0.25) is 19.4 Å². The molecule has 13 nitrogen and oxygen atoms in total. The van der Waals surface area contributed by atoms with Crippen LogP contribution in [0, 0.1) is 0 Å². The third-order valence-corrected chi connectivity index (χ3v) is 6.12. The van der Waals surface area contributed by atoms with Crippen molar-refractivity contribution < 1.29 is 24.6 Å². The van der Waals surface area contributed by atoms with Crippen LogP contribution in [0.3, 0.4) is 0 Å². The predicted molar refractivity (Wildman–Crippen MR) is 156 cm³/mol. The molecule has 13 heteroatoms. The Morgan fingerprint density at radius 2 is 1.40 bits per heavy atom. The monoisotopic (exact) mass is 564 g/mol. The van der Waals surface area contributed by atoms with E-state index in [-0.39, 0.29) is 48.1 Å². The Balaban J connectivity index is 1.87. The summed E-state index contributed by atoms with van der Waals surface area (Å²) >= 11 is 0. The zero-order valence-electron chi connectivity index (χ0n) is 23.4. The fourth-order valence-corrected chi connectivity index (χ4v) is 3.79. The molecule has 3 amide bonds. The van der Waals surface area contributed by atoms with E-state index in [0.29, 0.717) is 31.6 Å². The molecule has 0 aliphatic carbocycles. The van der Waals surface area contributed by atoms with Gasteiger partial charge in [-0.05, 0) is 51.3 Å². The van der Waals surface area contributed by atoms with E-state index in [1.54, 1.807) is 0 Å². The lowest BCUT2D eigenvalue weighted by molar-refractivity contribution is -0.125. The Bertz CT molecular complexity index is 924. The Labute approximate surface area is 236 Å². The molecular formula is C27H48N8O5. The molecule has 0 radical (unpaired) electrons. The van der Waals surface area contributed by atoms with Crippen LogP contribution in [-0.2, 0) is 20.8 Å². The highest BCUT2D eigenvalue weighted by atomic mass is 16.3. The highest BCUT2D eigenvalue weighted by molar-refractivity contribution is 5.86. The molecule has 0 heterocycles. The second-order valence-electron chi connectivity index (χ2n) is 9.69. The van der Waals surface area contributed by atoms with E-state index < -0.39 is 6.04 Å². The number of hydrogen-bond acceptors (Lipinski definition) is 8. The minimum atomic E-state index is -0.607. The molecule has 1 aromatic rings. The Morgan fingerprint density at radius 1 is 0.800 bits per heavy atom. The third kappa shape index (κ3) is 17.8. The summed E-state index contributed by atoms with van der Waals surface area (Å²) in [6.45, 7) is 3.31. The zero-order chi connectivity index (χ0) is 29.6. The van der Waals surface area contributed by atoms with Crippen LogP contribution in [0.2, 0.25) is 0 Å². The quantitative estimate of drug-likeness (QED) is 0.0510. The van der Waals surface area contributed by atoms with Crippen molar-refractivity contribution in [2.24, 2.45) is 22.2 Å². The summed E-state index contributed by atoms with van der Waals surface area (Å²) in [5, 5.41) is 30.6. The van der Waals surface area contributed by atoms with Gasteiger partial charge in [-0.25, -0.2) is 0 Å². The molecular weight excluding hydrogens is 516 g/mol. The molecule has 226 valence electrons. The molecule has 0 unspecified atom stereocenters. The van der Waals surface area contributed by atoms with E-state index in [1.165, 1.54) is 18.2 Å². The van der Waals surface area contributed by atoms with Gasteiger partial charge in [-0.15, -0.1) is 0 Å². The number of phenols is 2. The second-order valence-corrected chi connectivity index (χ2v) is 9.69. The summed E-state index contributed by atoms with van der Waals surface area (Å²) in [7, 11) is 0. The average molecular weight is 565 g/mol. The molecule has 12 N–H and O–H groups in total. The van der Waals surface area contributed by atoms with Crippen molar-refractivity contribution >= 4 is 23.7 Å². The summed E-state index contributed by atoms with van der Waals surface area (Å²) in [5.41, 5.74) is 16.7. The van der Waals surface area contributed by atoms with Crippen LogP contribution in [0.25, 0.3) is 0 Å². The summed E-state index contributed by atoms with van der Waals surface area (Å²) in [4.78, 5) is 39.5. The van der Waals surface area contributed by atoms with Gasteiger partial charge >= 0.3 is 0 Å². The van der Waals surface area contributed by atoms with Crippen molar-refractivity contribution in [3.8, 4) is 11.5 Å². The van der Waals surface area contributed by atoms with Crippen LogP contribution in [-0.4, -0.2) is 79.2 Å². The van der Waals surface area contributed by atoms with Crippen LogP contribution in [0.5, 0.6) is 11.5 Å². The van der Waals surface area contributed by atoms with Crippen molar-refractivity contribution in [1.29, 1.82) is 0 Å². The number of carbonyl (C=O) groups is 3. The Hall–Kier alpha value is -3.58. The fraction of sp³-hybridized carbons (Fsp3) is 0.630. The molecule has 0 aromatic heterocycles. The number of hydrogen-bond donors (Lipinski definition) is 9. The van der Waals surface area contributed by atoms with Crippen molar-refractivity contribution in [3.63, 3.8) is 0 Å². The first-order valence-corrected chi connectivity index (χ1v) is 14.0. The van der Waals surface area contributed by atoms with Gasteiger partial charge in [0, 0.05) is 31.3 Å². The standard InChI is InChI=1S/C27H48N8O5/c28-22(11-16-34-27(29)30)26(40)33-15-8-4-6-13-31-12-5-2-1-3-7-14-32-25(39)19-35-24(38)17-20-9-10-21(36)18-23(20)37/h9-10,18,22,31,36-37H,1-8,11-17,19,28H2,(H,32,39)(H,33,40)(H,35,38)(H4,29,30,34)/t22-/m1/s1. The third-order valence-electron chi connectivity index (χ3n) is 6.12. The summed E-state index contributed by atoms with van der Waals surface area (Å²) in [5.74, 6) is -1.06. The molecule has 0 aliphatic rings. The SMILES string of the molecule is NC(N)=NCC[C@@H](N)C(=O)NCCCCCNCCCCCCCNC(=O)CNC(=O)Cc1ccc(O)cc1O. The highest BCUT2D eigenvalue weighted by Crippen LogP contribution is 2.22. The van der Waals surface area contributed by atoms with Crippen LogP contribution < -0.4 is 38.5 Å². The lowest BCUT2D eigenvalue weighted by Gasteiger charge is -2.11. The number of aromatic hydroxyl groups is 2. The van der Waals surface area contributed by atoms with Crippen LogP contribution in [0.15, 0.2) is 23.2 Å². The van der Waals surface area contributed by atoms with E-state index in [1.807, 2.05) is 0 Å². The van der Waals surface area contributed by atoms with Gasteiger partial charge < -0.3 is 48.7 Å². The van der Waals surface area contributed by atoms with Crippen LogP contribution >= 0.6 is 0 Å². The number of benzene rings is 1. The topological polar surface area (TPSA) is 230 Å². The molecule has 0 aliphatic heterocycles. The van der Waals surface area contributed by atoms with Gasteiger partial charge in [-0.2, -0.15) is 0 Å². The number of nitrogens with one attached hydrogen (secondary N) is 4. The number of amides is 3. The molecule has 1 atom stereocenters. The number of rotatable bonds is 22. The lowest BCUT2D eigenvalue weighted by atomic mass is 10.1.